The average Bonchev–Trinajstić information content (AvgIpc) is 2.78. The van der Waals surface area contributed by atoms with E-state index in [1.807, 2.05) is 17.2 Å². The van der Waals surface area contributed by atoms with Gasteiger partial charge in [-0.05, 0) is 48.6 Å². The summed E-state index contributed by atoms with van der Waals surface area (Å²) in [6.07, 6.45) is 2.68. The molecule has 2 aromatic rings. The Bertz CT molecular complexity index is 1230. The van der Waals surface area contributed by atoms with Crippen LogP contribution in [0.5, 0.6) is 11.5 Å². The van der Waals surface area contributed by atoms with E-state index in [-0.39, 0.29) is 38.8 Å². The molecule has 33 heavy (non-hydrogen) atoms. The molecule has 0 aliphatic carbocycles. The number of fused-ring (bicyclic) bond motifs is 1. The van der Waals surface area contributed by atoms with Crippen LogP contribution in [-0.2, 0) is 6.42 Å². The lowest BCUT2D eigenvalue weighted by Crippen LogP contribution is -2.42. The van der Waals surface area contributed by atoms with E-state index in [9.17, 15) is 9.59 Å². The maximum absolute atomic E-state index is 12.6. The molecule has 0 saturated carbocycles. The van der Waals surface area contributed by atoms with Gasteiger partial charge in [-0.1, -0.05) is 29.8 Å². The fraction of sp³-hybridized carbons (Fsp3) is 0.182. The molecule has 11 heteroatoms. The number of hydrogen-bond acceptors (Lipinski definition) is 6. The van der Waals surface area contributed by atoms with E-state index in [4.69, 9.17) is 33.2 Å². The zero-order chi connectivity index (χ0) is 23.7. The lowest BCUT2D eigenvalue weighted by molar-refractivity contribution is 0.0771. The zero-order valence-electron chi connectivity index (χ0n) is 17.4. The number of anilines is 1. The molecule has 2 aromatic carbocycles. The van der Waals surface area contributed by atoms with Gasteiger partial charge in [0.25, 0.3) is 5.91 Å². The van der Waals surface area contributed by atoms with Crippen molar-refractivity contribution in [3.05, 3.63) is 63.8 Å². The second-order valence-electron chi connectivity index (χ2n) is 7.18. The van der Waals surface area contributed by atoms with Crippen molar-refractivity contribution < 1.29 is 14.3 Å². The molecule has 2 aliphatic rings. The minimum atomic E-state index is -0.602. The van der Waals surface area contributed by atoms with Gasteiger partial charge in [0.15, 0.2) is 11.5 Å². The summed E-state index contributed by atoms with van der Waals surface area (Å²) in [6, 6.07) is 9.39. The number of urea groups is 1. The normalized spacial score (nSPS) is 15.6. The highest BCUT2D eigenvalue weighted by molar-refractivity contribution is 7.98. The molecule has 8 nitrogen and oxygen atoms in total. The molecule has 168 valence electrons. The Kier molecular flexibility index (Phi) is 6.51. The third-order valence-electron chi connectivity index (χ3n) is 5.02. The summed E-state index contributed by atoms with van der Waals surface area (Å²) in [5.74, 6) is 1.32. The first-order valence-electron chi connectivity index (χ1n) is 9.69. The zero-order valence-corrected chi connectivity index (χ0v) is 19.7. The lowest BCUT2D eigenvalue weighted by Gasteiger charge is -2.28. The highest BCUT2D eigenvalue weighted by atomic mass is 35.5. The predicted molar refractivity (Wildman–Crippen MR) is 129 cm³/mol. The number of hydrazone groups is 1. The molecule has 0 spiro atoms. The van der Waals surface area contributed by atoms with Crippen LogP contribution in [0.1, 0.15) is 15.9 Å². The maximum atomic E-state index is 12.6. The van der Waals surface area contributed by atoms with Crippen LogP contribution in [0, 0.1) is 11.3 Å². The van der Waals surface area contributed by atoms with Crippen molar-refractivity contribution in [2.75, 3.05) is 23.7 Å². The summed E-state index contributed by atoms with van der Waals surface area (Å²) in [4.78, 5) is 26.7. The van der Waals surface area contributed by atoms with Crippen molar-refractivity contribution >= 4 is 58.3 Å². The van der Waals surface area contributed by atoms with Gasteiger partial charge in [0.05, 0.1) is 27.3 Å². The van der Waals surface area contributed by atoms with E-state index >= 15 is 0 Å². The van der Waals surface area contributed by atoms with Crippen molar-refractivity contribution in [3.63, 3.8) is 0 Å². The minimum absolute atomic E-state index is 0.00245. The van der Waals surface area contributed by atoms with Crippen LogP contribution in [0.2, 0.25) is 10.0 Å². The number of carbonyl (C=O) groups is 2. The van der Waals surface area contributed by atoms with Gasteiger partial charge >= 0.3 is 6.03 Å². The summed E-state index contributed by atoms with van der Waals surface area (Å²) >= 11 is 14.4. The van der Waals surface area contributed by atoms with E-state index in [1.165, 1.54) is 12.1 Å². The Labute approximate surface area is 204 Å². The standard InChI is InChI=1S/C22H17Cl2N5O3S/c1-12-19(10-25)27-29(22(31)26-12)14-8-17(23)20(18(24)9-14)32-15-3-4-16-13(7-15)5-6-28(11-33-2)21(16)30/h3-4,7-9H,1,5-6,11H2,2H3,(H,26,31). The Morgan fingerprint density at radius 2 is 2.00 bits per heavy atom. The van der Waals surface area contributed by atoms with Crippen LogP contribution in [0.25, 0.3) is 0 Å². The van der Waals surface area contributed by atoms with Crippen molar-refractivity contribution in [1.29, 1.82) is 5.26 Å². The third-order valence-corrected chi connectivity index (χ3v) is 6.15. The van der Waals surface area contributed by atoms with Crippen molar-refractivity contribution in [3.8, 4) is 17.6 Å². The molecular weight excluding hydrogens is 485 g/mol. The van der Waals surface area contributed by atoms with Crippen molar-refractivity contribution in [2.24, 2.45) is 5.10 Å². The molecule has 0 saturated heterocycles. The predicted octanol–water partition coefficient (Wildman–Crippen LogP) is 5.03. The highest BCUT2D eigenvalue weighted by Crippen LogP contribution is 2.40. The van der Waals surface area contributed by atoms with Crippen LogP contribution in [0.3, 0.4) is 0 Å². The number of thioether (sulfide) groups is 1. The maximum Gasteiger partial charge on any atom is 0.347 e. The average molecular weight is 502 g/mol. The first-order valence-corrected chi connectivity index (χ1v) is 11.8. The lowest BCUT2D eigenvalue weighted by atomic mass is 9.99. The Hall–Kier alpha value is -3.19. The van der Waals surface area contributed by atoms with Crippen LogP contribution in [0.15, 0.2) is 47.7 Å². The first kappa shape index (κ1) is 23.0. The third kappa shape index (κ3) is 4.50. The first-order chi connectivity index (χ1) is 15.8. The Morgan fingerprint density at radius 3 is 2.67 bits per heavy atom. The number of benzene rings is 2. The van der Waals surface area contributed by atoms with E-state index in [0.29, 0.717) is 30.2 Å². The molecule has 0 atom stereocenters. The van der Waals surface area contributed by atoms with Crippen molar-refractivity contribution in [1.82, 2.24) is 10.2 Å². The fourth-order valence-corrected chi connectivity index (χ4v) is 4.56. The summed E-state index contributed by atoms with van der Waals surface area (Å²) < 4.78 is 5.93. The van der Waals surface area contributed by atoms with E-state index in [2.05, 4.69) is 17.0 Å². The molecule has 0 bridgehead atoms. The summed E-state index contributed by atoms with van der Waals surface area (Å²) in [6.45, 7) is 4.22. The van der Waals surface area contributed by atoms with Gasteiger partial charge in [-0.25, -0.2) is 4.79 Å². The van der Waals surface area contributed by atoms with Crippen LogP contribution in [0.4, 0.5) is 10.5 Å². The van der Waals surface area contributed by atoms with E-state index < -0.39 is 6.03 Å². The monoisotopic (exact) mass is 501 g/mol. The molecule has 4 rings (SSSR count). The second-order valence-corrected chi connectivity index (χ2v) is 8.83. The number of nitriles is 1. The molecule has 0 aromatic heterocycles. The quantitative estimate of drug-likeness (QED) is 0.619. The summed E-state index contributed by atoms with van der Waals surface area (Å²) in [5.41, 5.74) is 1.86. The number of nitrogens with one attached hydrogen (secondary N) is 1. The van der Waals surface area contributed by atoms with Crippen LogP contribution in [-0.4, -0.2) is 41.2 Å². The SMILES string of the molecule is C=C1NC(=O)N(c2cc(Cl)c(Oc3ccc4c(c3)CCN(CSC)C4=O)c(Cl)c2)N=C1C#N. The molecule has 0 fully saturated rings. The van der Waals surface area contributed by atoms with Gasteiger partial charge in [-0.3, -0.25) is 4.79 Å². The molecule has 1 N–H and O–H groups in total. The number of halogens is 2. The molecule has 0 radical (unpaired) electrons. The number of hydrogen-bond donors (Lipinski definition) is 1. The second kappa shape index (κ2) is 9.35. The summed E-state index contributed by atoms with van der Waals surface area (Å²) in [5, 5.41) is 16.9. The topological polar surface area (TPSA) is 98.0 Å². The van der Waals surface area contributed by atoms with Gasteiger partial charge in [-0.2, -0.15) is 15.4 Å². The summed E-state index contributed by atoms with van der Waals surface area (Å²) in [7, 11) is 0. The Balaban J connectivity index is 1.60. The van der Waals surface area contributed by atoms with Gasteiger partial charge in [0, 0.05) is 12.1 Å². The molecule has 2 heterocycles. The molecule has 2 aliphatic heterocycles. The number of carbonyl (C=O) groups excluding carboxylic acids is 2. The van der Waals surface area contributed by atoms with E-state index in [1.54, 1.807) is 30.0 Å². The van der Waals surface area contributed by atoms with Crippen LogP contribution < -0.4 is 15.1 Å². The van der Waals surface area contributed by atoms with Gasteiger partial charge in [-0.15, -0.1) is 11.8 Å². The number of allylic oxidation sites excluding steroid dienone is 1. The van der Waals surface area contributed by atoms with Gasteiger partial charge < -0.3 is 15.0 Å². The smallest absolute Gasteiger partial charge is 0.347 e. The number of ether oxygens (including phenoxy) is 1. The minimum Gasteiger partial charge on any atom is -0.454 e. The van der Waals surface area contributed by atoms with Crippen molar-refractivity contribution in [2.45, 2.75) is 6.42 Å². The molecule has 3 amide bonds. The van der Waals surface area contributed by atoms with Gasteiger partial charge in [0.2, 0.25) is 0 Å². The molecular formula is C22H17Cl2N5O3S. The fourth-order valence-electron chi connectivity index (χ4n) is 3.45. The van der Waals surface area contributed by atoms with Crippen LogP contribution >= 0.6 is 35.0 Å². The Morgan fingerprint density at radius 1 is 1.27 bits per heavy atom. The molecule has 0 unspecified atom stereocenters. The number of nitrogens with zero attached hydrogens (tertiary/aromatic N) is 4. The number of rotatable bonds is 5. The number of amides is 3. The van der Waals surface area contributed by atoms with Gasteiger partial charge in [0.1, 0.15) is 11.8 Å². The highest BCUT2D eigenvalue weighted by Gasteiger charge is 2.27. The largest absolute Gasteiger partial charge is 0.454 e. The van der Waals surface area contributed by atoms with E-state index in [0.717, 1.165) is 10.6 Å².